The minimum Gasteiger partial charge on any atom is -0.135 e. The van der Waals surface area contributed by atoms with Gasteiger partial charge in [0, 0.05) is 50.7 Å². The lowest BCUT2D eigenvalue weighted by Crippen LogP contribution is -2.22. The Bertz CT molecular complexity index is 2110. The first-order chi connectivity index (χ1) is 22.4. The zero-order valence-corrected chi connectivity index (χ0v) is 31.2. The molecule has 0 saturated heterocycles. The van der Waals surface area contributed by atoms with Gasteiger partial charge in [0.25, 0.3) is 0 Å². The SMILES string of the molecule is C=C/C=c1/sc(C(/C=C\CC)=c2\sc3ccccc3c2=C)c(C2=CCC(C)=Cc3c2sc2c3C=CC(C)C=C2)/c1=C/C.CC.CC. The lowest BCUT2D eigenvalue weighted by Gasteiger charge is -2.10. The van der Waals surface area contributed by atoms with E-state index in [2.05, 4.69) is 126 Å². The molecule has 238 valence electrons. The van der Waals surface area contributed by atoms with Crippen LogP contribution in [-0.4, -0.2) is 0 Å². The monoisotopic (exact) mass is 660 g/mol. The zero-order valence-electron chi connectivity index (χ0n) is 28.8. The molecule has 0 saturated carbocycles. The van der Waals surface area contributed by atoms with Crippen LogP contribution in [0.2, 0.25) is 0 Å². The molecule has 0 spiro atoms. The van der Waals surface area contributed by atoms with Crippen molar-refractivity contribution in [2.75, 3.05) is 0 Å². The predicted octanol–water partition coefficient (Wildman–Crippen LogP) is 11.3. The highest BCUT2D eigenvalue weighted by molar-refractivity contribution is 7.17. The van der Waals surface area contributed by atoms with Crippen LogP contribution in [-0.2, 0) is 0 Å². The van der Waals surface area contributed by atoms with E-state index in [9.17, 15) is 0 Å². The van der Waals surface area contributed by atoms with Gasteiger partial charge in [-0.2, -0.15) is 0 Å². The molecule has 2 aliphatic rings. The van der Waals surface area contributed by atoms with Gasteiger partial charge in [0.1, 0.15) is 0 Å². The average Bonchev–Trinajstić information content (AvgIpc) is 3.63. The molecule has 2 aliphatic carbocycles. The summed E-state index contributed by atoms with van der Waals surface area (Å²) >= 11 is 5.65. The molecular formula is C43H48S3. The van der Waals surface area contributed by atoms with Crippen LogP contribution in [0.25, 0.3) is 58.2 Å². The van der Waals surface area contributed by atoms with Gasteiger partial charge in [-0.05, 0) is 72.2 Å². The van der Waals surface area contributed by atoms with Crippen molar-refractivity contribution in [1.29, 1.82) is 0 Å². The fraction of sp³-hybridized carbons (Fsp3) is 0.256. The Balaban J connectivity index is 0.00000116. The van der Waals surface area contributed by atoms with Crippen molar-refractivity contribution in [1.82, 2.24) is 0 Å². The molecule has 0 amide bonds. The topological polar surface area (TPSA) is 0 Å². The number of thiophene rings is 3. The first-order valence-electron chi connectivity index (χ1n) is 16.7. The maximum absolute atomic E-state index is 4.60. The normalized spacial score (nSPS) is 16.8. The Morgan fingerprint density at radius 2 is 1.74 bits per heavy atom. The highest BCUT2D eigenvalue weighted by atomic mass is 32.1. The molecule has 3 aromatic heterocycles. The number of benzene rings is 1. The van der Waals surface area contributed by atoms with Crippen LogP contribution >= 0.6 is 34.0 Å². The summed E-state index contributed by atoms with van der Waals surface area (Å²) in [6.45, 7) is 25.6. The number of hydrogen-bond acceptors (Lipinski definition) is 3. The quantitative estimate of drug-likeness (QED) is 0.200. The van der Waals surface area contributed by atoms with E-state index in [0.717, 1.165) is 18.1 Å². The number of allylic oxidation sites excluding steroid dienone is 7. The van der Waals surface area contributed by atoms with Crippen LogP contribution in [0.3, 0.4) is 0 Å². The fourth-order valence-electron chi connectivity index (χ4n) is 5.78. The molecule has 0 aliphatic heterocycles. The summed E-state index contributed by atoms with van der Waals surface area (Å²) in [5.41, 5.74) is 8.01. The molecule has 46 heavy (non-hydrogen) atoms. The molecule has 3 heterocycles. The molecule has 3 heteroatoms. The van der Waals surface area contributed by atoms with Crippen LogP contribution in [0.15, 0.2) is 72.9 Å². The molecule has 1 atom stereocenters. The van der Waals surface area contributed by atoms with Gasteiger partial charge < -0.3 is 0 Å². The van der Waals surface area contributed by atoms with Gasteiger partial charge in [0.05, 0.1) is 0 Å². The Labute approximate surface area is 288 Å². The van der Waals surface area contributed by atoms with Crippen molar-refractivity contribution in [3.63, 3.8) is 0 Å². The van der Waals surface area contributed by atoms with E-state index in [-0.39, 0.29) is 0 Å². The van der Waals surface area contributed by atoms with Gasteiger partial charge in [-0.15, -0.1) is 34.0 Å². The predicted molar refractivity (Wildman–Crippen MR) is 217 cm³/mol. The second kappa shape index (κ2) is 16.4. The summed E-state index contributed by atoms with van der Waals surface area (Å²) in [4.78, 5) is 4.00. The van der Waals surface area contributed by atoms with E-state index in [4.69, 9.17) is 0 Å². The van der Waals surface area contributed by atoms with Crippen LogP contribution in [0.5, 0.6) is 0 Å². The largest absolute Gasteiger partial charge is 0.135 e. The van der Waals surface area contributed by atoms with Gasteiger partial charge in [-0.1, -0.05) is 133 Å². The lowest BCUT2D eigenvalue weighted by molar-refractivity contribution is 0.954. The second-order valence-electron chi connectivity index (χ2n) is 10.9. The molecule has 0 radical (unpaired) electrons. The zero-order chi connectivity index (χ0) is 33.4. The summed E-state index contributed by atoms with van der Waals surface area (Å²) in [6, 6.07) is 8.65. The van der Waals surface area contributed by atoms with E-state index in [1.807, 2.05) is 67.8 Å². The molecule has 1 aromatic carbocycles. The molecule has 6 rings (SSSR count). The van der Waals surface area contributed by atoms with Gasteiger partial charge in [-0.3, -0.25) is 0 Å². The van der Waals surface area contributed by atoms with Gasteiger partial charge in [0.2, 0.25) is 0 Å². The van der Waals surface area contributed by atoms with E-state index in [1.165, 1.54) is 72.4 Å². The third kappa shape index (κ3) is 6.93. The molecule has 0 nitrogen and oxygen atoms in total. The van der Waals surface area contributed by atoms with Gasteiger partial charge in [0.15, 0.2) is 0 Å². The number of fused-ring (bicyclic) bond motifs is 4. The molecule has 1 unspecified atom stereocenters. The van der Waals surface area contributed by atoms with Crippen molar-refractivity contribution in [2.45, 2.75) is 68.2 Å². The van der Waals surface area contributed by atoms with Gasteiger partial charge in [-0.25, -0.2) is 0 Å². The van der Waals surface area contributed by atoms with E-state index >= 15 is 0 Å². The summed E-state index contributed by atoms with van der Waals surface area (Å²) < 4.78 is 3.78. The second-order valence-corrected chi connectivity index (χ2v) is 14.1. The Hall–Kier alpha value is -3.50. The van der Waals surface area contributed by atoms with E-state index < -0.39 is 0 Å². The summed E-state index contributed by atoms with van der Waals surface area (Å²) in [7, 11) is 0. The van der Waals surface area contributed by atoms with Crippen molar-refractivity contribution in [3.05, 3.63) is 124 Å². The third-order valence-electron chi connectivity index (χ3n) is 7.90. The summed E-state index contributed by atoms with van der Waals surface area (Å²) in [5.74, 6) is 0.438. The Kier molecular flexibility index (Phi) is 12.6. The molecule has 0 bridgehead atoms. The minimum absolute atomic E-state index is 0.438. The van der Waals surface area contributed by atoms with E-state index in [0.29, 0.717) is 5.92 Å². The highest BCUT2D eigenvalue weighted by Gasteiger charge is 2.25. The number of hydrogen-bond donors (Lipinski definition) is 0. The average molecular weight is 661 g/mol. The fourth-order valence-corrected chi connectivity index (χ4v) is 9.57. The van der Waals surface area contributed by atoms with Gasteiger partial charge >= 0.3 is 0 Å². The minimum atomic E-state index is 0.438. The third-order valence-corrected chi connectivity index (χ3v) is 11.6. The van der Waals surface area contributed by atoms with Crippen molar-refractivity contribution in [2.24, 2.45) is 5.92 Å². The van der Waals surface area contributed by atoms with Crippen molar-refractivity contribution >= 4 is 92.2 Å². The smallest absolute Gasteiger partial charge is 0.0448 e. The Morgan fingerprint density at radius 1 is 1.00 bits per heavy atom. The van der Waals surface area contributed by atoms with Crippen LogP contribution in [0.1, 0.15) is 99.6 Å². The van der Waals surface area contributed by atoms with Crippen molar-refractivity contribution in [3.8, 4) is 0 Å². The Morgan fingerprint density at radius 3 is 2.43 bits per heavy atom. The van der Waals surface area contributed by atoms with Crippen LogP contribution < -0.4 is 19.5 Å². The summed E-state index contributed by atoms with van der Waals surface area (Å²) in [6.07, 6.45) is 27.1. The summed E-state index contributed by atoms with van der Waals surface area (Å²) in [5, 5.41) is 3.63. The first-order valence-corrected chi connectivity index (χ1v) is 19.1. The first kappa shape index (κ1) is 35.4. The maximum Gasteiger partial charge on any atom is 0.0448 e. The standard InChI is InChI=1S/C39H36S3.2C2H6/c1-7-10-14-31(37-26(6)28-15-11-12-16-34(28)40-37)39-36(27(9-3)33(42-39)13-8-2)30-21-18-25(5)23-32-29-20-17-24(4)19-22-35(29)41-38(30)32;2*1-2/h8-17,19-24H,2,6-7,18H2,1,3-5H3;2*1-2H3/b14-10-,27-9+,33-13+,37-31-;;. The highest BCUT2D eigenvalue weighted by Crippen LogP contribution is 2.44. The molecule has 0 fully saturated rings. The number of rotatable bonds is 5. The van der Waals surface area contributed by atoms with E-state index in [1.54, 1.807) is 0 Å². The molecule has 0 N–H and O–H groups in total. The lowest BCUT2D eigenvalue weighted by atomic mass is 9.95. The molecule has 4 aromatic rings. The molecular weight excluding hydrogens is 613 g/mol. The van der Waals surface area contributed by atoms with Crippen LogP contribution in [0, 0.1) is 5.92 Å². The van der Waals surface area contributed by atoms with Crippen molar-refractivity contribution < 1.29 is 0 Å². The maximum atomic E-state index is 4.60. The van der Waals surface area contributed by atoms with Crippen LogP contribution in [0.4, 0.5) is 0 Å².